The van der Waals surface area contributed by atoms with Crippen LogP contribution in [0, 0.1) is 12.0 Å². The lowest BCUT2D eigenvalue weighted by Crippen LogP contribution is -2.33. The number of hydrogen-bond donors (Lipinski definition) is 0. The van der Waals surface area contributed by atoms with Gasteiger partial charge in [0.1, 0.15) is 5.60 Å². The highest BCUT2D eigenvalue weighted by atomic mass is 16.6. The molecule has 1 amide bonds. The average molecular weight is 257 g/mol. The maximum absolute atomic E-state index is 12.1. The van der Waals surface area contributed by atoms with E-state index in [1.54, 1.807) is 6.08 Å². The van der Waals surface area contributed by atoms with Crippen LogP contribution in [0.1, 0.15) is 27.2 Å². The van der Waals surface area contributed by atoms with E-state index in [2.05, 4.69) is 18.5 Å². The number of para-hydroxylation sites is 1. The Labute approximate surface area is 114 Å². The van der Waals surface area contributed by atoms with Gasteiger partial charge in [0.15, 0.2) is 0 Å². The Morgan fingerprint density at radius 3 is 2.53 bits per heavy atom. The SMILES string of the molecule is C=CCC#CN(C(=O)OC(C)(C)C)c1ccccc1. The largest absolute Gasteiger partial charge is 0.443 e. The number of amides is 1. The van der Waals surface area contributed by atoms with Crippen LogP contribution in [0.15, 0.2) is 43.0 Å². The molecule has 0 unspecified atom stereocenters. The number of carbonyl (C=O) groups excluding carboxylic acids is 1. The van der Waals surface area contributed by atoms with Crippen LogP contribution in [0.4, 0.5) is 10.5 Å². The number of carbonyl (C=O) groups is 1. The molecule has 100 valence electrons. The van der Waals surface area contributed by atoms with Crippen molar-refractivity contribution in [1.29, 1.82) is 0 Å². The molecule has 0 saturated heterocycles. The molecule has 0 N–H and O–H groups in total. The Kier molecular flexibility index (Phi) is 5.20. The first-order valence-electron chi connectivity index (χ1n) is 6.11. The predicted octanol–water partition coefficient (Wildman–Crippen LogP) is 3.97. The lowest BCUT2D eigenvalue weighted by molar-refractivity contribution is 0.0600. The summed E-state index contributed by atoms with van der Waals surface area (Å²) < 4.78 is 5.34. The molecule has 0 atom stereocenters. The number of nitrogens with zero attached hydrogens (tertiary/aromatic N) is 1. The van der Waals surface area contributed by atoms with Crippen molar-refractivity contribution in [2.75, 3.05) is 4.90 Å². The third-order valence-corrected chi connectivity index (χ3v) is 2.03. The zero-order chi connectivity index (χ0) is 14.3. The number of rotatable bonds is 2. The van der Waals surface area contributed by atoms with Gasteiger partial charge in [-0.1, -0.05) is 30.2 Å². The van der Waals surface area contributed by atoms with Gasteiger partial charge in [-0.2, -0.15) is 0 Å². The summed E-state index contributed by atoms with van der Waals surface area (Å²) in [4.78, 5) is 13.4. The van der Waals surface area contributed by atoms with Crippen molar-refractivity contribution in [3.63, 3.8) is 0 Å². The highest BCUT2D eigenvalue weighted by molar-refractivity contribution is 5.91. The second kappa shape index (κ2) is 6.65. The van der Waals surface area contributed by atoms with E-state index in [1.807, 2.05) is 51.1 Å². The Bertz CT molecular complexity index is 489. The van der Waals surface area contributed by atoms with Crippen molar-refractivity contribution < 1.29 is 9.53 Å². The molecule has 0 radical (unpaired) electrons. The van der Waals surface area contributed by atoms with Crippen LogP contribution in [-0.4, -0.2) is 11.7 Å². The Morgan fingerprint density at radius 1 is 1.37 bits per heavy atom. The van der Waals surface area contributed by atoms with Gasteiger partial charge in [-0.15, -0.1) is 6.58 Å². The maximum Gasteiger partial charge on any atom is 0.426 e. The molecule has 0 heterocycles. The smallest absolute Gasteiger partial charge is 0.426 e. The quantitative estimate of drug-likeness (QED) is 0.456. The van der Waals surface area contributed by atoms with Gasteiger partial charge < -0.3 is 4.74 Å². The fraction of sp³-hybridized carbons (Fsp3) is 0.312. The van der Waals surface area contributed by atoms with E-state index >= 15 is 0 Å². The molecule has 0 spiro atoms. The first-order chi connectivity index (χ1) is 8.94. The fourth-order valence-electron chi connectivity index (χ4n) is 1.30. The van der Waals surface area contributed by atoms with Crippen LogP contribution in [0.25, 0.3) is 0 Å². The molecular formula is C16H19NO2. The molecule has 1 rings (SSSR count). The van der Waals surface area contributed by atoms with Gasteiger partial charge >= 0.3 is 6.09 Å². The molecule has 0 aliphatic heterocycles. The summed E-state index contributed by atoms with van der Waals surface area (Å²) >= 11 is 0. The number of allylic oxidation sites excluding steroid dienone is 1. The fourth-order valence-corrected chi connectivity index (χ4v) is 1.30. The first kappa shape index (κ1) is 14.8. The predicted molar refractivity (Wildman–Crippen MR) is 77.7 cm³/mol. The van der Waals surface area contributed by atoms with Crippen molar-refractivity contribution in [3.8, 4) is 12.0 Å². The van der Waals surface area contributed by atoms with Crippen LogP contribution < -0.4 is 4.90 Å². The molecule has 3 nitrogen and oxygen atoms in total. The standard InChI is InChI=1S/C16H19NO2/c1-5-6-10-13-17(14-11-8-7-9-12-14)15(18)19-16(2,3)4/h5,7-9,11-12H,1,6H2,2-4H3. The second-order valence-electron chi connectivity index (χ2n) is 4.93. The summed E-state index contributed by atoms with van der Waals surface area (Å²) in [5.41, 5.74) is 0.137. The number of anilines is 1. The summed E-state index contributed by atoms with van der Waals surface area (Å²) in [5.74, 6) is 2.86. The van der Waals surface area contributed by atoms with Gasteiger partial charge in [0.05, 0.1) is 5.69 Å². The average Bonchev–Trinajstić information content (AvgIpc) is 2.33. The molecule has 0 saturated carbocycles. The molecule has 0 aliphatic carbocycles. The highest BCUT2D eigenvalue weighted by Crippen LogP contribution is 2.17. The number of ether oxygens (including phenoxy) is 1. The normalized spacial score (nSPS) is 10.1. The Morgan fingerprint density at radius 2 is 2.00 bits per heavy atom. The first-order valence-corrected chi connectivity index (χ1v) is 6.11. The van der Waals surface area contributed by atoms with Crippen molar-refractivity contribution in [3.05, 3.63) is 43.0 Å². The Balaban J connectivity index is 2.97. The van der Waals surface area contributed by atoms with E-state index in [0.717, 1.165) is 0 Å². The number of hydrogen-bond acceptors (Lipinski definition) is 2. The number of benzene rings is 1. The zero-order valence-corrected chi connectivity index (χ0v) is 11.6. The van der Waals surface area contributed by atoms with Gasteiger partial charge in [-0.25, -0.2) is 9.69 Å². The third-order valence-electron chi connectivity index (χ3n) is 2.03. The van der Waals surface area contributed by atoms with Crippen LogP contribution in [0.5, 0.6) is 0 Å². The Hall–Kier alpha value is -2.21. The third kappa shape index (κ3) is 5.31. The van der Waals surface area contributed by atoms with Crippen molar-refractivity contribution >= 4 is 11.8 Å². The van der Waals surface area contributed by atoms with Crippen LogP contribution in [0.3, 0.4) is 0 Å². The van der Waals surface area contributed by atoms with E-state index in [1.165, 1.54) is 4.90 Å². The molecule has 0 fully saturated rings. The lowest BCUT2D eigenvalue weighted by Gasteiger charge is -2.23. The van der Waals surface area contributed by atoms with E-state index in [-0.39, 0.29) is 0 Å². The topological polar surface area (TPSA) is 29.5 Å². The van der Waals surface area contributed by atoms with E-state index in [9.17, 15) is 4.79 Å². The molecule has 0 aliphatic rings. The monoisotopic (exact) mass is 257 g/mol. The molecule has 1 aromatic rings. The van der Waals surface area contributed by atoms with E-state index < -0.39 is 11.7 Å². The molecular weight excluding hydrogens is 238 g/mol. The molecule has 19 heavy (non-hydrogen) atoms. The summed E-state index contributed by atoms with van der Waals surface area (Å²) in [6.45, 7) is 9.07. The lowest BCUT2D eigenvalue weighted by atomic mass is 10.2. The molecule has 1 aromatic carbocycles. The summed E-state index contributed by atoms with van der Waals surface area (Å²) in [6, 6.07) is 12.0. The summed E-state index contributed by atoms with van der Waals surface area (Å²) in [5, 5.41) is 0. The van der Waals surface area contributed by atoms with Gasteiger partial charge in [0.25, 0.3) is 0 Å². The van der Waals surface area contributed by atoms with Gasteiger partial charge in [0, 0.05) is 12.5 Å². The van der Waals surface area contributed by atoms with Crippen molar-refractivity contribution in [2.24, 2.45) is 0 Å². The molecule has 0 bridgehead atoms. The van der Waals surface area contributed by atoms with E-state index in [0.29, 0.717) is 12.1 Å². The van der Waals surface area contributed by atoms with Gasteiger partial charge in [-0.05, 0) is 32.9 Å². The minimum atomic E-state index is -0.551. The summed E-state index contributed by atoms with van der Waals surface area (Å²) in [7, 11) is 0. The van der Waals surface area contributed by atoms with E-state index in [4.69, 9.17) is 4.74 Å². The minimum Gasteiger partial charge on any atom is -0.443 e. The second-order valence-corrected chi connectivity index (χ2v) is 4.93. The highest BCUT2D eigenvalue weighted by Gasteiger charge is 2.22. The maximum atomic E-state index is 12.1. The van der Waals surface area contributed by atoms with Crippen LogP contribution in [-0.2, 0) is 4.74 Å². The summed E-state index contributed by atoms with van der Waals surface area (Å²) in [6.07, 6.45) is 1.73. The van der Waals surface area contributed by atoms with Gasteiger partial charge in [-0.3, -0.25) is 0 Å². The van der Waals surface area contributed by atoms with Crippen LogP contribution in [0.2, 0.25) is 0 Å². The molecule has 0 aromatic heterocycles. The van der Waals surface area contributed by atoms with Crippen molar-refractivity contribution in [2.45, 2.75) is 32.8 Å². The van der Waals surface area contributed by atoms with Gasteiger partial charge in [0.2, 0.25) is 0 Å². The zero-order valence-electron chi connectivity index (χ0n) is 11.6. The van der Waals surface area contributed by atoms with Crippen LogP contribution >= 0.6 is 0 Å². The minimum absolute atomic E-state index is 0.477. The van der Waals surface area contributed by atoms with Crippen molar-refractivity contribution in [1.82, 2.24) is 0 Å². The molecule has 3 heteroatoms.